The SMILES string of the molecule is NCc1cc(-c2nc(-c3cc(F)ccc3Br)no2)ccn1. The lowest BCUT2D eigenvalue weighted by molar-refractivity contribution is 0.432. The van der Waals surface area contributed by atoms with Gasteiger partial charge >= 0.3 is 0 Å². The number of pyridine rings is 1. The zero-order valence-electron chi connectivity index (χ0n) is 10.8. The molecule has 7 heteroatoms. The fourth-order valence-electron chi connectivity index (χ4n) is 1.84. The Labute approximate surface area is 128 Å². The standard InChI is InChI=1S/C14H10BrFN4O/c15-12-2-1-9(16)6-11(12)13-19-14(21-20-13)8-3-4-18-10(5-8)7-17/h1-6H,7,17H2. The minimum absolute atomic E-state index is 0.308. The predicted octanol–water partition coefficient (Wildman–Crippen LogP) is 3.16. The maximum absolute atomic E-state index is 13.3. The Morgan fingerprint density at radius 1 is 1.24 bits per heavy atom. The Kier molecular flexibility index (Phi) is 3.76. The average molecular weight is 349 g/mol. The Morgan fingerprint density at radius 2 is 2.10 bits per heavy atom. The van der Waals surface area contributed by atoms with Crippen LogP contribution in [0.25, 0.3) is 22.8 Å². The van der Waals surface area contributed by atoms with Crippen LogP contribution in [-0.2, 0) is 6.54 Å². The summed E-state index contributed by atoms with van der Waals surface area (Å²) in [6.07, 6.45) is 1.62. The third kappa shape index (κ3) is 2.84. The Bertz CT molecular complexity index is 790. The molecule has 0 spiro atoms. The number of hydrogen-bond acceptors (Lipinski definition) is 5. The third-order valence-electron chi connectivity index (χ3n) is 2.87. The van der Waals surface area contributed by atoms with E-state index in [0.717, 1.165) is 11.3 Å². The van der Waals surface area contributed by atoms with Gasteiger partial charge in [0.05, 0.1) is 5.69 Å². The molecule has 3 rings (SSSR count). The topological polar surface area (TPSA) is 77.8 Å². The third-order valence-corrected chi connectivity index (χ3v) is 3.56. The van der Waals surface area contributed by atoms with Crippen LogP contribution in [0.2, 0.25) is 0 Å². The van der Waals surface area contributed by atoms with E-state index in [1.165, 1.54) is 12.1 Å². The number of rotatable bonds is 3. The molecule has 21 heavy (non-hydrogen) atoms. The number of halogens is 2. The minimum atomic E-state index is -0.367. The number of hydrogen-bond donors (Lipinski definition) is 1. The van der Waals surface area contributed by atoms with Crippen molar-refractivity contribution in [3.05, 3.63) is 52.5 Å². The van der Waals surface area contributed by atoms with Crippen LogP contribution in [0.1, 0.15) is 5.69 Å². The van der Waals surface area contributed by atoms with E-state index in [9.17, 15) is 4.39 Å². The van der Waals surface area contributed by atoms with Crippen molar-refractivity contribution in [3.8, 4) is 22.8 Å². The zero-order valence-corrected chi connectivity index (χ0v) is 12.3. The zero-order chi connectivity index (χ0) is 14.8. The molecule has 0 radical (unpaired) electrons. The lowest BCUT2D eigenvalue weighted by Crippen LogP contribution is -1.98. The molecule has 1 aromatic carbocycles. The quantitative estimate of drug-likeness (QED) is 0.786. The summed E-state index contributed by atoms with van der Waals surface area (Å²) in [5, 5.41) is 3.89. The second-order valence-electron chi connectivity index (χ2n) is 4.29. The minimum Gasteiger partial charge on any atom is -0.334 e. The average Bonchev–Trinajstić information content (AvgIpc) is 2.99. The smallest absolute Gasteiger partial charge is 0.258 e. The highest BCUT2D eigenvalue weighted by Crippen LogP contribution is 2.28. The van der Waals surface area contributed by atoms with Crippen molar-refractivity contribution in [3.63, 3.8) is 0 Å². The van der Waals surface area contributed by atoms with Crippen molar-refractivity contribution in [1.29, 1.82) is 0 Å². The molecule has 0 saturated heterocycles. The van der Waals surface area contributed by atoms with Crippen LogP contribution in [-0.4, -0.2) is 15.1 Å². The molecule has 0 saturated carbocycles. The molecule has 0 aliphatic carbocycles. The van der Waals surface area contributed by atoms with Crippen LogP contribution < -0.4 is 5.73 Å². The van der Waals surface area contributed by atoms with Crippen LogP contribution in [0.3, 0.4) is 0 Å². The van der Waals surface area contributed by atoms with Gasteiger partial charge in [0.2, 0.25) is 5.82 Å². The highest BCUT2D eigenvalue weighted by Gasteiger charge is 2.14. The van der Waals surface area contributed by atoms with Gasteiger partial charge in [-0.15, -0.1) is 0 Å². The summed E-state index contributed by atoms with van der Waals surface area (Å²) >= 11 is 3.34. The number of nitrogens with zero attached hydrogens (tertiary/aromatic N) is 3. The van der Waals surface area contributed by atoms with Crippen molar-refractivity contribution in [1.82, 2.24) is 15.1 Å². The van der Waals surface area contributed by atoms with Crippen LogP contribution in [0.15, 0.2) is 45.5 Å². The normalized spacial score (nSPS) is 10.8. The molecule has 0 fully saturated rings. The van der Waals surface area contributed by atoms with E-state index in [1.54, 1.807) is 24.4 Å². The summed E-state index contributed by atoms with van der Waals surface area (Å²) < 4.78 is 19.2. The first-order valence-electron chi connectivity index (χ1n) is 6.12. The van der Waals surface area contributed by atoms with E-state index in [2.05, 4.69) is 31.1 Å². The first kappa shape index (κ1) is 13.8. The van der Waals surface area contributed by atoms with Gasteiger partial charge in [-0.05, 0) is 30.3 Å². The van der Waals surface area contributed by atoms with Crippen LogP contribution in [0.5, 0.6) is 0 Å². The first-order chi connectivity index (χ1) is 10.2. The van der Waals surface area contributed by atoms with Gasteiger partial charge in [-0.1, -0.05) is 21.1 Å². The van der Waals surface area contributed by atoms with E-state index in [4.69, 9.17) is 10.3 Å². The van der Waals surface area contributed by atoms with Crippen molar-refractivity contribution in [2.45, 2.75) is 6.54 Å². The molecule has 106 valence electrons. The van der Waals surface area contributed by atoms with Gasteiger partial charge in [-0.25, -0.2) is 4.39 Å². The molecular weight excluding hydrogens is 339 g/mol. The Morgan fingerprint density at radius 3 is 2.90 bits per heavy atom. The van der Waals surface area contributed by atoms with Gasteiger partial charge in [-0.3, -0.25) is 4.98 Å². The summed E-state index contributed by atoms with van der Waals surface area (Å²) in [7, 11) is 0. The second-order valence-corrected chi connectivity index (χ2v) is 5.14. The molecule has 0 unspecified atom stereocenters. The van der Waals surface area contributed by atoms with Gasteiger partial charge in [-0.2, -0.15) is 4.98 Å². The summed E-state index contributed by atoms with van der Waals surface area (Å²) in [6.45, 7) is 0.324. The molecule has 0 amide bonds. The molecule has 0 aliphatic rings. The molecule has 3 aromatic rings. The number of nitrogens with two attached hydrogens (primary N) is 1. The maximum atomic E-state index is 13.3. The number of aromatic nitrogens is 3. The van der Waals surface area contributed by atoms with Crippen molar-refractivity contribution < 1.29 is 8.91 Å². The highest BCUT2D eigenvalue weighted by atomic mass is 79.9. The van der Waals surface area contributed by atoms with Crippen molar-refractivity contribution in [2.75, 3.05) is 0 Å². The molecule has 2 N–H and O–H groups in total. The van der Waals surface area contributed by atoms with Gasteiger partial charge in [0, 0.05) is 28.3 Å². The molecule has 0 aliphatic heterocycles. The summed E-state index contributed by atoms with van der Waals surface area (Å²) in [5.74, 6) is 0.273. The second kappa shape index (κ2) is 5.71. The van der Waals surface area contributed by atoms with Crippen LogP contribution in [0.4, 0.5) is 4.39 Å². The van der Waals surface area contributed by atoms with Crippen molar-refractivity contribution >= 4 is 15.9 Å². The molecule has 2 heterocycles. The van der Waals surface area contributed by atoms with E-state index in [-0.39, 0.29) is 5.82 Å². The Balaban J connectivity index is 2.01. The highest BCUT2D eigenvalue weighted by molar-refractivity contribution is 9.10. The summed E-state index contributed by atoms with van der Waals surface area (Å²) in [5.41, 5.74) is 7.52. The lowest BCUT2D eigenvalue weighted by Gasteiger charge is -1.99. The lowest BCUT2D eigenvalue weighted by atomic mass is 10.2. The molecular formula is C14H10BrFN4O. The number of benzene rings is 1. The van der Waals surface area contributed by atoms with Crippen LogP contribution >= 0.6 is 15.9 Å². The van der Waals surface area contributed by atoms with Gasteiger partial charge in [0.15, 0.2) is 0 Å². The van der Waals surface area contributed by atoms with Gasteiger partial charge in [0.25, 0.3) is 5.89 Å². The molecule has 2 aromatic heterocycles. The fraction of sp³-hybridized carbons (Fsp3) is 0.0714. The predicted molar refractivity (Wildman–Crippen MR) is 78.5 cm³/mol. The Hall–Kier alpha value is -2.12. The molecule has 5 nitrogen and oxygen atoms in total. The maximum Gasteiger partial charge on any atom is 0.258 e. The molecule has 0 atom stereocenters. The monoisotopic (exact) mass is 348 g/mol. The summed E-state index contributed by atoms with van der Waals surface area (Å²) in [6, 6.07) is 7.82. The fourth-order valence-corrected chi connectivity index (χ4v) is 2.27. The van der Waals surface area contributed by atoms with Crippen LogP contribution in [0, 0.1) is 5.82 Å². The first-order valence-corrected chi connectivity index (χ1v) is 6.91. The molecule has 0 bridgehead atoms. The van der Waals surface area contributed by atoms with E-state index >= 15 is 0 Å². The van der Waals surface area contributed by atoms with Crippen molar-refractivity contribution in [2.24, 2.45) is 5.73 Å². The van der Waals surface area contributed by atoms with Gasteiger partial charge < -0.3 is 10.3 Å². The van der Waals surface area contributed by atoms with Gasteiger partial charge in [0.1, 0.15) is 5.82 Å². The largest absolute Gasteiger partial charge is 0.334 e. The van der Waals surface area contributed by atoms with E-state index in [1.807, 2.05) is 0 Å². The summed E-state index contributed by atoms with van der Waals surface area (Å²) in [4.78, 5) is 8.39. The van der Waals surface area contributed by atoms with E-state index in [0.29, 0.717) is 28.3 Å². The van der Waals surface area contributed by atoms with E-state index < -0.39 is 0 Å².